The molecule has 2 nitrogen and oxygen atoms in total. The molecule has 0 aromatic rings. The van der Waals surface area contributed by atoms with Crippen molar-refractivity contribution in [3.63, 3.8) is 0 Å². The predicted molar refractivity (Wildman–Crippen MR) is 60.8 cm³/mol. The summed E-state index contributed by atoms with van der Waals surface area (Å²) in [6, 6.07) is 1.21. The van der Waals surface area contributed by atoms with Gasteiger partial charge in [0.15, 0.2) is 0 Å². The number of rotatable bonds is 5. The van der Waals surface area contributed by atoms with Crippen LogP contribution in [0.2, 0.25) is 0 Å². The summed E-state index contributed by atoms with van der Waals surface area (Å²) in [5.41, 5.74) is 0. The third-order valence-corrected chi connectivity index (χ3v) is 3.75. The number of piperazine rings is 1. The van der Waals surface area contributed by atoms with Gasteiger partial charge in [-0.1, -0.05) is 13.3 Å². The Morgan fingerprint density at radius 2 is 2.20 bits per heavy atom. The summed E-state index contributed by atoms with van der Waals surface area (Å²) < 4.78 is 12.5. The van der Waals surface area contributed by atoms with Crippen LogP contribution in [-0.4, -0.2) is 43.3 Å². The molecule has 2 unspecified atom stereocenters. The molecular weight excluding hydrogens is 191 g/mol. The lowest BCUT2D eigenvalue weighted by Gasteiger charge is -2.40. The Kier molecular flexibility index (Phi) is 3.98. The zero-order valence-corrected chi connectivity index (χ0v) is 9.71. The summed E-state index contributed by atoms with van der Waals surface area (Å²) in [7, 11) is 0. The van der Waals surface area contributed by atoms with Gasteiger partial charge in [-0.15, -0.1) is 0 Å². The molecule has 0 radical (unpaired) electrons. The van der Waals surface area contributed by atoms with Gasteiger partial charge in [0.1, 0.15) is 6.67 Å². The van der Waals surface area contributed by atoms with E-state index in [1.165, 1.54) is 25.7 Å². The first-order valence-electron chi connectivity index (χ1n) is 6.38. The predicted octanol–water partition coefficient (Wildman–Crippen LogP) is 1.81. The van der Waals surface area contributed by atoms with Gasteiger partial charge in [-0.05, 0) is 25.2 Å². The van der Waals surface area contributed by atoms with Crippen LogP contribution >= 0.6 is 0 Å². The lowest BCUT2D eigenvalue weighted by Crippen LogP contribution is -2.57. The molecule has 1 heterocycles. The molecular formula is C12H23FN2. The number of hydrogen-bond donors (Lipinski definition) is 1. The normalized spacial score (nSPS) is 33.2. The van der Waals surface area contributed by atoms with Crippen LogP contribution in [0.5, 0.6) is 0 Å². The monoisotopic (exact) mass is 214 g/mol. The van der Waals surface area contributed by atoms with Gasteiger partial charge in [-0.2, -0.15) is 0 Å². The van der Waals surface area contributed by atoms with Gasteiger partial charge in [-0.25, -0.2) is 4.39 Å². The quantitative estimate of drug-likeness (QED) is 0.751. The highest BCUT2D eigenvalue weighted by Gasteiger charge is 2.36. The summed E-state index contributed by atoms with van der Waals surface area (Å²) >= 11 is 0. The zero-order valence-electron chi connectivity index (χ0n) is 9.71. The largest absolute Gasteiger partial charge is 0.311 e. The standard InChI is InChI=1S/C12H23FN2/c1-2-3-11-8-14-12(10-4-5-10)9-15(11)7-6-13/h10-12,14H,2-9H2,1H3. The molecule has 0 bridgehead atoms. The van der Waals surface area contributed by atoms with Crippen LogP contribution in [0.25, 0.3) is 0 Å². The maximum Gasteiger partial charge on any atom is 0.102 e. The smallest absolute Gasteiger partial charge is 0.102 e. The Balaban J connectivity index is 1.85. The average Bonchev–Trinajstić information content (AvgIpc) is 3.05. The maximum atomic E-state index is 12.5. The second-order valence-electron chi connectivity index (χ2n) is 4.98. The second kappa shape index (κ2) is 5.26. The molecule has 2 fully saturated rings. The van der Waals surface area contributed by atoms with E-state index in [2.05, 4.69) is 17.1 Å². The molecule has 1 aliphatic carbocycles. The van der Waals surface area contributed by atoms with Crippen molar-refractivity contribution >= 4 is 0 Å². The highest BCUT2D eigenvalue weighted by atomic mass is 19.1. The van der Waals surface area contributed by atoms with Crippen molar-refractivity contribution in [1.29, 1.82) is 0 Å². The van der Waals surface area contributed by atoms with E-state index < -0.39 is 0 Å². The first-order chi connectivity index (χ1) is 7.35. The van der Waals surface area contributed by atoms with Crippen molar-refractivity contribution < 1.29 is 4.39 Å². The third kappa shape index (κ3) is 2.91. The molecule has 15 heavy (non-hydrogen) atoms. The van der Waals surface area contributed by atoms with Gasteiger partial charge in [0, 0.05) is 31.7 Å². The first kappa shape index (κ1) is 11.3. The number of hydrogen-bond acceptors (Lipinski definition) is 2. The van der Waals surface area contributed by atoms with Gasteiger partial charge in [-0.3, -0.25) is 4.90 Å². The van der Waals surface area contributed by atoms with Crippen LogP contribution in [0.4, 0.5) is 4.39 Å². The van der Waals surface area contributed by atoms with Gasteiger partial charge in [0.25, 0.3) is 0 Å². The van der Waals surface area contributed by atoms with E-state index in [1.807, 2.05) is 0 Å². The highest BCUT2D eigenvalue weighted by Crippen LogP contribution is 2.34. The molecule has 1 N–H and O–H groups in total. The SMILES string of the molecule is CCCC1CNC(C2CC2)CN1CCF. The molecule has 1 saturated carbocycles. The van der Waals surface area contributed by atoms with E-state index in [0.717, 1.165) is 19.0 Å². The minimum absolute atomic E-state index is 0.197. The number of nitrogens with zero attached hydrogens (tertiary/aromatic N) is 1. The van der Waals surface area contributed by atoms with E-state index in [-0.39, 0.29) is 6.67 Å². The van der Waals surface area contributed by atoms with Crippen molar-refractivity contribution in [3.05, 3.63) is 0 Å². The average molecular weight is 214 g/mol. The summed E-state index contributed by atoms with van der Waals surface area (Å²) in [6.45, 7) is 4.78. The zero-order chi connectivity index (χ0) is 10.7. The molecule has 1 aliphatic heterocycles. The fourth-order valence-electron chi connectivity index (χ4n) is 2.70. The Hall–Kier alpha value is -0.150. The maximum absolute atomic E-state index is 12.5. The van der Waals surface area contributed by atoms with Crippen molar-refractivity contribution in [3.8, 4) is 0 Å². The van der Waals surface area contributed by atoms with E-state index in [4.69, 9.17) is 0 Å². The lowest BCUT2D eigenvalue weighted by atomic mass is 10.0. The lowest BCUT2D eigenvalue weighted by molar-refractivity contribution is 0.108. The summed E-state index contributed by atoms with van der Waals surface area (Å²) in [5, 5.41) is 3.64. The highest BCUT2D eigenvalue weighted by molar-refractivity contribution is 4.94. The van der Waals surface area contributed by atoms with E-state index in [1.54, 1.807) is 0 Å². The second-order valence-corrected chi connectivity index (χ2v) is 4.98. The van der Waals surface area contributed by atoms with E-state index in [0.29, 0.717) is 18.6 Å². The van der Waals surface area contributed by atoms with Crippen LogP contribution < -0.4 is 5.32 Å². The molecule has 0 amide bonds. The van der Waals surface area contributed by atoms with Gasteiger partial charge in [0.2, 0.25) is 0 Å². The molecule has 2 atom stereocenters. The number of nitrogens with one attached hydrogen (secondary N) is 1. The Morgan fingerprint density at radius 3 is 2.80 bits per heavy atom. The Labute approximate surface area is 92.2 Å². The molecule has 0 spiro atoms. The number of alkyl halides is 1. The Bertz CT molecular complexity index is 194. The van der Waals surface area contributed by atoms with Gasteiger partial charge in [0.05, 0.1) is 0 Å². The van der Waals surface area contributed by atoms with Gasteiger partial charge < -0.3 is 5.32 Å². The van der Waals surface area contributed by atoms with Crippen LogP contribution in [0, 0.1) is 5.92 Å². The molecule has 2 rings (SSSR count). The summed E-state index contributed by atoms with van der Waals surface area (Å²) in [4.78, 5) is 2.36. The van der Waals surface area contributed by atoms with Crippen molar-refractivity contribution in [2.24, 2.45) is 5.92 Å². The van der Waals surface area contributed by atoms with E-state index >= 15 is 0 Å². The molecule has 0 aromatic heterocycles. The third-order valence-electron chi connectivity index (χ3n) is 3.75. The van der Waals surface area contributed by atoms with Crippen LogP contribution in [0.1, 0.15) is 32.6 Å². The van der Waals surface area contributed by atoms with Crippen LogP contribution in [0.15, 0.2) is 0 Å². The fraction of sp³-hybridized carbons (Fsp3) is 1.00. The van der Waals surface area contributed by atoms with Gasteiger partial charge >= 0.3 is 0 Å². The van der Waals surface area contributed by atoms with E-state index in [9.17, 15) is 4.39 Å². The van der Waals surface area contributed by atoms with Crippen molar-refractivity contribution in [2.45, 2.75) is 44.7 Å². The first-order valence-corrected chi connectivity index (χ1v) is 6.38. The molecule has 2 aliphatic rings. The summed E-state index contributed by atoms with van der Waals surface area (Å²) in [6.07, 6.45) is 5.15. The van der Waals surface area contributed by atoms with Crippen molar-refractivity contribution in [1.82, 2.24) is 10.2 Å². The molecule has 3 heteroatoms. The molecule has 88 valence electrons. The van der Waals surface area contributed by atoms with Crippen molar-refractivity contribution in [2.75, 3.05) is 26.3 Å². The minimum atomic E-state index is -0.197. The summed E-state index contributed by atoms with van der Waals surface area (Å²) in [5.74, 6) is 0.884. The van der Waals surface area contributed by atoms with Crippen LogP contribution in [0.3, 0.4) is 0 Å². The Morgan fingerprint density at radius 1 is 1.40 bits per heavy atom. The topological polar surface area (TPSA) is 15.3 Å². The fourth-order valence-corrected chi connectivity index (χ4v) is 2.70. The number of halogens is 1. The molecule has 1 saturated heterocycles. The van der Waals surface area contributed by atoms with Crippen LogP contribution in [-0.2, 0) is 0 Å². The molecule has 0 aromatic carbocycles. The minimum Gasteiger partial charge on any atom is -0.311 e.